The zero-order valence-corrected chi connectivity index (χ0v) is 12.9. The molecule has 0 spiro atoms. The molecular weight excluding hydrogens is 310 g/mol. The number of benzene rings is 2. The van der Waals surface area contributed by atoms with E-state index < -0.39 is 10.8 Å². The quantitative estimate of drug-likeness (QED) is 0.920. The second kappa shape index (κ2) is 7.24. The van der Waals surface area contributed by atoms with Crippen LogP contribution >= 0.6 is 11.6 Å². The molecule has 1 atom stereocenters. The Balaban J connectivity index is 1.96. The molecule has 0 aliphatic heterocycles. The number of hydrogen-bond acceptors (Lipinski definition) is 3. The average Bonchev–Trinajstić information content (AvgIpc) is 2.48. The Morgan fingerprint density at radius 3 is 2.57 bits per heavy atom. The fourth-order valence-corrected chi connectivity index (χ4v) is 2.90. The summed E-state index contributed by atoms with van der Waals surface area (Å²) in [5, 5.41) is 3.18. The van der Waals surface area contributed by atoms with E-state index in [1.807, 2.05) is 0 Å². The maximum absolute atomic E-state index is 12.1. The largest absolute Gasteiger partial charge is 0.497 e. The number of nitrogens with one attached hydrogen (secondary N) is 1. The van der Waals surface area contributed by atoms with E-state index in [-0.39, 0.29) is 11.7 Å². The summed E-state index contributed by atoms with van der Waals surface area (Å²) in [6.07, 6.45) is 0. The number of carbonyl (C=O) groups excluding carboxylic acids is 1. The summed E-state index contributed by atoms with van der Waals surface area (Å²) in [6.45, 7) is 0. The van der Waals surface area contributed by atoms with Crippen molar-refractivity contribution in [3.63, 3.8) is 0 Å². The van der Waals surface area contributed by atoms with Gasteiger partial charge in [0.25, 0.3) is 0 Å². The van der Waals surface area contributed by atoms with E-state index in [9.17, 15) is 9.00 Å². The lowest BCUT2D eigenvalue weighted by molar-refractivity contribution is -0.113. The van der Waals surface area contributed by atoms with Crippen molar-refractivity contribution in [2.24, 2.45) is 0 Å². The number of methoxy groups -OCH3 is 1. The van der Waals surface area contributed by atoms with Crippen molar-refractivity contribution >= 4 is 34.0 Å². The van der Waals surface area contributed by atoms with Crippen molar-refractivity contribution < 1.29 is 13.7 Å². The fourth-order valence-electron chi connectivity index (χ4n) is 1.68. The number of halogens is 1. The summed E-state index contributed by atoms with van der Waals surface area (Å²) < 4.78 is 17.1. The Labute approximate surface area is 130 Å². The molecule has 0 aliphatic carbocycles. The summed E-state index contributed by atoms with van der Waals surface area (Å²) >= 11 is 5.84. The molecule has 1 amide bonds. The molecule has 2 aromatic carbocycles. The molecule has 0 aromatic heterocycles. The van der Waals surface area contributed by atoms with E-state index in [4.69, 9.17) is 16.3 Å². The van der Waals surface area contributed by atoms with Gasteiger partial charge in [-0.25, -0.2) is 0 Å². The van der Waals surface area contributed by atoms with Crippen molar-refractivity contribution in [2.45, 2.75) is 4.90 Å². The van der Waals surface area contributed by atoms with Crippen LogP contribution in [0.5, 0.6) is 5.75 Å². The van der Waals surface area contributed by atoms with Crippen LogP contribution in [0.2, 0.25) is 5.02 Å². The smallest absolute Gasteiger partial charge is 0.237 e. The van der Waals surface area contributed by atoms with Crippen molar-refractivity contribution in [1.29, 1.82) is 0 Å². The molecule has 4 nitrogen and oxygen atoms in total. The number of anilines is 1. The normalized spacial score (nSPS) is 11.7. The summed E-state index contributed by atoms with van der Waals surface area (Å²) in [5.74, 6) is 0.265. The lowest BCUT2D eigenvalue weighted by Gasteiger charge is -2.06. The topological polar surface area (TPSA) is 55.4 Å². The van der Waals surface area contributed by atoms with Gasteiger partial charge in [-0.1, -0.05) is 17.7 Å². The maximum Gasteiger partial charge on any atom is 0.237 e. The third kappa shape index (κ3) is 4.58. The summed E-state index contributed by atoms with van der Waals surface area (Å²) in [7, 11) is 0.147. The summed E-state index contributed by atoms with van der Waals surface area (Å²) in [5.41, 5.74) is 0.629. The minimum absolute atomic E-state index is 0.119. The molecular formula is C15H14ClNO3S. The number of amides is 1. The van der Waals surface area contributed by atoms with Gasteiger partial charge in [0.2, 0.25) is 5.91 Å². The van der Waals surface area contributed by atoms with E-state index >= 15 is 0 Å². The fraction of sp³-hybridized carbons (Fsp3) is 0.133. The van der Waals surface area contributed by atoms with E-state index in [1.54, 1.807) is 55.6 Å². The molecule has 1 N–H and O–H groups in total. The van der Waals surface area contributed by atoms with Gasteiger partial charge >= 0.3 is 0 Å². The first-order valence-corrected chi connectivity index (χ1v) is 7.86. The molecule has 0 unspecified atom stereocenters. The van der Waals surface area contributed by atoms with Gasteiger partial charge in [0.1, 0.15) is 11.5 Å². The van der Waals surface area contributed by atoms with Gasteiger partial charge in [-0.15, -0.1) is 0 Å². The molecule has 2 rings (SSSR count). The standard InChI is InChI=1S/C15H14ClNO3S/c1-20-13-7-5-12(6-8-13)17-15(18)10-21(19)14-4-2-3-11(16)9-14/h2-9H,10H2,1H3,(H,17,18)/t21-/m0/s1. The molecule has 110 valence electrons. The molecule has 2 aromatic rings. The van der Waals surface area contributed by atoms with Crippen LogP contribution in [-0.4, -0.2) is 23.0 Å². The lowest BCUT2D eigenvalue weighted by atomic mass is 10.3. The number of hydrogen-bond donors (Lipinski definition) is 1. The minimum atomic E-state index is -1.42. The van der Waals surface area contributed by atoms with Crippen LogP contribution in [-0.2, 0) is 15.6 Å². The highest BCUT2D eigenvalue weighted by atomic mass is 35.5. The van der Waals surface area contributed by atoms with Crippen LogP contribution in [0.1, 0.15) is 0 Å². The number of ether oxygens (including phenoxy) is 1. The van der Waals surface area contributed by atoms with E-state index in [0.29, 0.717) is 21.4 Å². The Morgan fingerprint density at radius 2 is 1.95 bits per heavy atom. The van der Waals surface area contributed by atoms with Crippen molar-refractivity contribution in [2.75, 3.05) is 18.2 Å². The molecule has 6 heteroatoms. The summed E-state index contributed by atoms with van der Waals surface area (Å²) in [6, 6.07) is 13.6. The van der Waals surface area contributed by atoms with E-state index in [1.165, 1.54) is 0 Å². The van der Waals surface area contributed by atoms with Gasteiger partial charge in [-0.05, 0) is 42.5 Å². The molecule has 0 heterocycles. The van der Waals surface area contributed by atoms with Crippen LogP contribution in [0.3, 0.4) is 0 Å². The average molecular weight is 324 g/mol. The maximum atomic E-state index is 12.1. The first-order chi connectivity index (χ1) is 10.1. The van der Waals surface area contributed by atoms with Gasteiger partial charge in [-0.3, -0.25) is 9.00 Å². The van der Waals surface area contributed by atoms with Crippen molar-refractivity contribution in [3.05, 3.63) is 53.6 Å². The van der Waals surface area contributed by atoms with Crippen LogP contribution in [0.4, 0.5) is 5.69 Å². The Kier molecular flexibility index (Phi) is 5.36. The van der Waals surface area contributed by atoms with E-state index in [0.717, 1.165) is 0 Å². The third-order valence-corrected chi connectivity index (χ3v) is 4.23. The molecule has 0 radical (unpaired) electrons. The molecule has 0 aliphatic rings. The first kappa shape index (κ1) is 15.5. The monoisotopic (exact) mass is 323 g/mol. The van der Waals surface area contributed by atoms with Crippen LogP contribution in [0.15, 0.2) is 53.4 Å². The molecule has 0 bridgehead atoms. The third-order valence-electron chi connectivity index (χ3n) is 2.69. The van der Waals surface area contributed by atoms with Gasteiger partial charge in [0, 0.05) is 15.6 Å². The lowest BCUT2D eigenvalue weighted by Crippen LogP contribution is -2.19. The predicted octanol–water partition coefficient (Wildman–Crippen LogP) is 3.09. The van der Waals surface area contributed by atoms with Crippen LogP contribution in [0, 0.1) is 0 Å². The zero-order valence-electron chi connectivity index (χ0n) is 11.3. The highest BCUT2D eigenvalue weighted by Crippen LogP contribution is 2.16. The number of rotatable bonds is 5. The van der Waals surface area contributed by atoms with Gasteiger partial charge in [-0.2, -0.15) is 0 Å². The molecule has 0 saturated heterocycles. The van der Waals surface area contributed by atoms with Crippen LogP contribution in [0.25, 0.3) is 0 Å². The Hall–Kier alpha value is -1.85. The molecule has 0 saturated carbocycles. The Morgan fingerprint density at radius 1 is 1.24 bits per heavy atom. The molecule has 0 fully saturated rings. The second-order valence-corrected chi connectivity index (χ2v) is 6.11. The first-order valence-electron chi connectivity index (χ1n) is 6.16. The van der Waals surface area contributed by atoms with Gasteiger partial charge in [0.05, 0.1) is 17.9 Å². The van der Waals surface area contributed by atoms with Gasteiger partial charge in [0.15, 0.2) is 0 Å². The van der Waals surface area contributed by atoms with E-state index in [2.05, 4.69) is 5.32 Å². The van der Waals surface area contributed by atoms with Crippen molar-refractivity contribution in [1.82, 2.24) is 0 Å². The SMILES string of the molecule is COc1ccc(NC(=O)C[S@](=O)c2cccc(Cl)c2)cc1. The minimum Gasteiger partial charge on any atom is -0.497 e. The van der Waals surface area contributed by atoms with Gasteiger partial charge < -0.3 is 10.1 Å². The molecule has 21 heavy (non-hydrogen) atoms. The van der Waals surface area contributed by atoms with Crippen LogP contribution < -0.4 is 10.1 Å². The zero-order chi connectivity index (χ0) is 15.2. The highest BCUT2D eigenvalue weighted by molar-refractivity contribution is 7.85. The highest BCUT2D eigenvalue weighted by Gasteiger charge is 2.11. The number of carbonyl (C=O) groups is 1. The van der Waals surface area contributed by atoms with Crippen molar-refractivity contribution in [3.8, 4) is 5.75 Å². The summed E-state index contributed by atoms with van der Waals surface area (Å²) in [4.78, 5) is 12.4. The second-order valence-electron chi connectivity index (χ2n) is 4.22. The Bertz CT molecular complexity index is 658. The predicted molar refractivity (Wildman–Crippen MR) is 84.4 cm³/mol.